The summed E-state index contributed by atoms with van der Waals surface area (Å²) in [4.78, 5) is 2.60. The van der Waals surface area contributed by atoms with Gasteiger partial charge in [-0.2, -0.15) is 0 Å². The number of anilines is 3. The minimum absolute atomic E-state index is 0.257. The van der Waals surface area contributed by atoms with Crippen LogP contribution in [0, 0.1) is 5.92 Å². The van der Waals surface area contributed by atoms with Gasteiger partial charge in [0.05, 0.1) is 21.8 Å². The summed E-state index contributed by atoms with van der Waals surface area (Å²) in [6.07, 6.45) is 14.9. The standard InChI is InChI=1S/C61H51NS/c1-40-33-36-44(37-34-40)61(2)53-28-10-6-22-47(53)48-38-35-43(39-54(48)61)45-21-7-11-29-55(45)62(57-31-16-27-52-50-24-9-13-32-58(50)63-60(52)57)56-30-12-8-23-49(56)51-26-15-20-42-19-14-25-46(59(42)51)41-17-4-3-5-18-41/h6-16,19-33,35-41H,3-5,17-18,34H2,1-2H3. The second kappa shape index (κ2) is 15.4. The summed E-state index contributed by atoms with van der Waals surface area (Å²) in [6, 6.07) is 64.5. The molecule has 63 heavy (non-hydrogen) atoms. The van der Waals surface area contributed by atoms with E-state index in [0.29, 0.717) is 11.8 Å². The van der Waals surface area contributed by atoms with Gasteiger partial charge in [-0.15, -0.1) is 11.3 Å². The van der Waals surface area contributed by atoms with Crippen molar-refractivity contribution in [2.45, 2.75) is 63.7 Å². The first-order valence-corrected chi connectivity index (χ1v) is 23.9. The monoisotopic (exact) mass is 829 g/mol. The Bertz CT molecular complexity index is 3300. The van der Waals surface area contributed by atoms with Crippen molar-refractivity contribution in [2.24, 2.45) is 5.92 Å². The molecule has 1 nitrogen and oxygen atoms in total. The first-order chi connectivity index (χ1) is 31.1. The molecule has 0 amide bonds. The van der Waals surface area contributed by atoms with Crippen molar-refractivity contribution in [3.8, 4) is 33.4 Å². The maximum absolute atomic E-state index is 2.60. The third-order valence-electron chi connectivity index (χ3n) is 14.7. The zero-order valence-electron chi connectivity index (χ0n) is 36.2. The van der Waals surface area contributed by atoms with Crippen molar-refractivity contribution in [2.75, 3.05) is 4.90 Å². The van der Waals surface area contributed by atoms with Crippen LogP contribution in [-0.4, -0.2) is 0 Å². The third kappa shape index (κ3) is 6.17. The molecule has 2 atom stereocenters. The van der Waals surface area contributed by atoms with E-state index in [4.69, 9.17) is 0 Å². The molecule has 1 saturated carbocycles. The van der Waals surface area contributed by atoms with E-state index in [1.165, 1.54) is 136 Å². The van der Waals surface area contributed by atoms with Gasteiger partial charge in [-0.3, -0.25) is 0 Å². The van der Waals surface area contributed by atoms with Gasteiger partial charge in [0.25, 0.3) is 0 Å². The summed E-state index contributed by atoms with van der Waals surface area (Å²) in [5.74, 6) is 1.14. The van der Waals surface area contributed by atoms with Gasteiger partial charge in [0, 0.05) is 32.0 Å². The van der Waals surface area contributed by atoms with Crippen LogP contribution in [0.5, 0.6) is 0 Å². The molecule has 306 valence electrons. The fourth-order valence-electron chi connectivity index (χ4n) is 11.5. The Kier molecular flexibility index (Phi) is 9.34. The highest BCUT2D eigenvalue weighted by Crippen LogP contribution is 2.56. The average molecular weight is 830 g/mol. The van der Waals surface area contributed by atoms with Crippen molar-refractivity contribution in [3.63, 3.8) is 0 Å². The number of hydrogen-bond acceptors (Lipinski definition) is 2. The van der Waals surface area contributed by atoms with E-state index in [1.54, 1.807) is 0 Å². The Labute approximate surface area is 375 Å². The fourth-order valence-corrected chi connectivity index (χ4v) is 12.7. The van der Waals surface area contributed by atoms with Gasteiger partial charge in [0.15, 0.2) is 0 Å². The lowest BCUT2D eigenvalue weighted by Crippen LogP contribution is -2.24. The summed E-state index contributed by atoms with van der Waals surface area (Å²) in [5, 5.41) is 5.34. The predicted octanol–water partition coefficient (Wildman–Crippen LogP) is 17.9. The van der Waals surface area contributed by atoms with Crippen LogP contribution in [0.25, 0.3) is 64.3 Å². The van der Waals surface area contributed by atoms with Crippen LogP contribution in [0.3, 0.4) is 0 Å². The van der Waals surface area contributed by atoms with Gasteiger partial charge >= 0.3 is 0 Å². The molecule has 12 rings (SSSR count). The van der Waals surface area contributed by atoms with Crippen LogP contribution in [0.1, 0.15) is 75.0 Å². The number of rotatable bonds is 7. The van der Waals surface area contributed by atoms with E-state index >= 15 is 0 Å². The second-order valence-corrected chi connectivity index (χ2v) is 19.4. The summed E-state index contributed by atoms with van der Waals surface area (Å²) in [6.45, 7) is 4.77. The maximum atomic E-state index is 2.60. The SMILES string of the molecule is CC1C=CC(C2(C)c3ccccc3-c3ccc(-c4ccccc4N(c4ccccc4-c4cccc5cccc(C6CCCCC6)c45)c4cccc5c4sc4ccccc45)cc32)=CC1. The van der Waals surface area contributed by atoms with Crippen LogP contribution >= 0.6 is 11.3 Å². The largest absolute Gasteiger partial charge is 0.308 e. The molecule has 2 unspecified atom stereocenters. The summed E-state index contributed by atoms with van der Waals surface area (Å²) in [5.41, 5.74) is 16.7. The number of thiophene rings is 1. The molecule has 1 fully saturated rings. The molecule has 0 saturated heterocycles. The molecule has 3 aliphatic carbocycles. The molecule has 0 bridgehead atoms. The molecule has 3 aliphatic rings. The Morgan fingerprint density at radius 1 is 0.556 bits per heavy atom. The summed E-state index contributed by atoms with van der Waals surface area (Å²) in [7, 11) is 0. The van der Waals surface area contributed by atoms with Crippen molar-refractivity contribution in [1.29, 1.82) is 0 Å². The summed E-state index contributed by atoms with van der Waals surface area (Å²) >= 11 is 1.90. The van der Waals surface area contributed by atoms with Gasteiger partial charge in [-0.25, -0.2) is 0 Å². The minimum atomic E-state index is -0.257. The molecule has 1 heterocycles. The fraction of sp³-hybridized carbons (Fsp3) is 0.180. The van der Waals surface area contributed by atoms with Crippen LogP contribution < -0.4 is 4.90 Å². The number of benzene rings is 8. The first-order valence-electron chi connectivity index (χ1n) is 23.1. The Morgan fingerprint density at radius 2 is 1.21 bits per heavy atom. The predicted molar refractivity (Wildman–Crippen MR) is 271 cm³/mol. The second-order valence-electron chi connectivity index (χ2n) is 18.4. The lowest BCUT2D eigenvalue weighted by molar-refractivity contribution is 0.445. The molecule has 0 N–H and O–H groups in total. The van der Waals surface area contributed by atoms with Gasteiger partial charge in [-0.05, 0) is 124 Å². The highest BCUT2D eigenvalue weighted by atomic mass is 32.1. The molecule has 0 aliphatic heterocycles. The number of fused-ring (bicyclic) bond motifs is 7. The smallest absolute Gasteiger partial charge is 0.0640 e. The molecule has 1 aromatic heterocycles. The van der Waals surface area contributed by atoms with Gasteiger partial charge in [0.1, 0.15) is 0 Å². The Morgan fingerprint density at radius 3 is 2.03 bits per heavy atom. The van der Waals surface area contributed by atoms with Crippen molar-refractivity contribution >= 4 is 59.3 Å². The maximum Gasteiger partial charge on any atom is 0.0640 e. The summed E-state index contributed by atoms with van der Waals surface area (Å²) < 4.78 is 2.61. The van der Waals surface area contributed by atoms with Crippen LogP contribution in [0.15, 0.2) is 194 Å². The van der Waals surface area contributed by atoms with E-state index in [2.05, 4.69) is 207 Å². The minimum Gasteiger partial charge on any atom is -0.308 e. The van der Waals surface area contributed by atoms with E-state index in [1.807, 2.05) is 11.3 Å². The molecular weight excluding hydrogens is 779 g/mol. The van der Waals surface area contributed by atoms with Gasteiger partial charge in [-0.1, -0.05) is 184 Å². The molecule has 0 radical (unpaired) electrons. The molecule has 8 aromatic carbocycles. The zero-order chi connectivity index (χ0) is 42.1. The van der Waals surface area contributed by atoms with E-state index in [9.17, 15) is 0 Å². The van der Waals surface area contributed by atoms with Crippen LogP contribution in [0.2, 0.25) is 0 Å². The van der Waals surface area contributed by atoms with Crippen molar-refractivity contribution < 1.29 is 0 Å². The molecule has 0 spiro atoms. The zero-order valence-corrected chi connectivity index (χ0v) is 37.0. The third-order valence-corrected chi connectivity index (χ3v) is 15.9. The van der Waals surface area contributed by atoms with E-state index < -0.39 is 0 Å². The average Bonchev–Trinajstić information content (AvgIpc) is 3.85. The molecular formula is C61H51NS. The van der Waals surface area contributed by atoms with Crippen LogP contribution in [0.4, 0.5) is 17.1 Å². The van der Waals surface area contributed by atoms with Gasteiger partial charge < -0.3 is 4.90 Å². The highest BCUT2D eigenvalue weighted by molar-refractivity contribution is 7.26. The quantitative estimate of drug-likeness (QED) is 0.155. The molecule has 9 aromatic rings. The number of nitrogens with zero attached hydrogens (tertiary/aromatic N) is 1. The van der Waals surface area contributed by atoms with E-state index in [0.717, 1.165) is 6.42 Å². The topological polar surface area (TPSA) is 3.24 Å². The van der Waals surface area contributed by atoms with Crippen molar-refractivity contribution in [1.82, 2.24) is 0 Å². The lowest BCUT2D eigenvalue weighted by Gasteiger charge is -2.32. The van der Waals surface area contributed by atoms with E-state index in [-0.39, 0.29) is 5.41 Å². The van der Waals surface area contributed by atoms with Crippen molar-refractivity contribution in [3.05, 3.63) is 210 Å². The number of allylic oxidation sites excluding steroid dienone is 4. The highest BCUT2D eigenvalue weighted by Gasteiger charge is 2.42. The lowest BCUT2D eigenvalue weighted by atomic mass is 9.71. The Balaban J connectivity index is 1.10. The Hall–Kier alpha value is -6.48. The number of hydrogen-bond donors (Lipinski definition) is 0. The number of para-hydroxylation sites is 2. The van der Waals surface area contributed by atoms with Gasteiger partial charge in [0.2, 0.25) is 0 Å². The van der Waals surface area contributed by atoms with Crippen LogP contribution in [-0.2, 0) is 5.41 Å². The normalized spacial score (nSPS) is 18.4. The first kappa shape index (κ1) is 38.2. The molecule has 2 heteroatoms.